The first-order valence-electron chi connectivity index (χ1n) is 6.37. The highest BCUT2D eigenvalue weighted by atomic mass is 16.4. The molecule has 7 nitrogen and oxygen atoms in total. The summed E-state index contributed by atoms with van der Waals surface area (Å²) in [6.45, 7) is 1.27. The summed E-state index contributed by atoms with van der Waals surface area (Å²) in [7, 11) is 0. The van der Waals surface area contributed by atoms with E-state index in [1.165, 1.54) is 18.3 Å². The molecule has 114 valence electrons. The number of amides is 1. The number of carboxylic acids is 1. The van der Waals surface area contributed by atoms with Crippen molar-refractivity contribution < 1.29 is 24.9 Å². The van der Waals surface area contributed by atoms with Gasteiger partial charge in [-0.15, -0.1) is 0 Å². The van der Waals surface area contributed by atoms with E-state index in [9.17, 15) is 19.8 Å². The van der Waals surface area contributed by atoms with Gasteiger partial charge in [-0.1, -0.05) is 6.07 Å². The predicted octanol–water partition coefficient (Wildman–Crippen LogP) is 1.28. The number of carbonyl (C=O) groups is 2. The summed E-state index contributed by atoms with van der Waals surface area (Å²) in [5, 5.41) is 30.1. The number of aryl methyl sites for hydroxylation is 1. The number of hydrogen-bond donors (Lipinski definition) is 4. The minimum atomic E-state index is -1.19. The van der Waals surface area contributed by atoms with Gasteiger partial charge in [-0.3, -0.25) is 9.59 Å². The molecular weight excluding hydrogens is 288 g/mol. The van der Waals surface area contributed by atoms with Gasteiger partial charge in [-0.2, -0.15) is 0 Å². The van der Waals surface area contributed by atoms with Crippen LogP contribution in [-0.2, 0) is 4.79 Å². The van der Waals surface area contributed by atoms with E-state index in [-0.39, 0.29) is 17.2 Å². The average molecular weight is 302 g/mol. The molecule has 0 saturated carbocycles. The van der Waals surface area contributed by atoms with Gasteiger partial charge in [-0.25, -0.2) is 4.98 Å². The Balaban J connectivity index is 2.32. The number of benzene rings is 1. The molecule has 0 aliphatic carbocycles. The van der Waals surface area contributed by atoms with E-state index in [1.54, 1.807) is 12.1 Å². The summed E-state index contributed by atoms with van der Waals surface area (Å²) < 4.78 is 0. The molecule has 1 aromatic heterocycles. The molecule has 4 N–H and O–H groups in total. The highest BCUT2D eigenvalue weighted by molar-refractivity contribution is 5.96. The Kier molecular flexibility index (Phi) is 4.26. The van der Waals surface area contributed by atoms with Crippen molar-refractivity contribution in [3.63, 3.8) is 0 Å². The van der Waals surface area contributed by atoms with Gasteiger partial charge in [-0.05, 0) is 36.2 Å². The van der Waals surface area contributed by atoms with Crippen LogP contribution in [0.25, 0.3) is 11.1 Å². The van der Waals surface area contributed by atoms with E-state index in [4.69, 9.17) is 5.11 Å². The zero-order valence-electron chi connectivity index (χ0n) is 11.7. The molecule has 2 rings (SSSR count). The zero-order chi connectivity index (χ0) is 16.3. The van der Waals surface area contributed by atoms with Crippen molar-refractivity contribution in [3.8, 4) is 22.6 Å². The second-order valence-electron chi connectivity index (χ2n) is 4.67. The normalized spacial score (nSPS) is 10.2. The second-order valence-corrected chi connectivity index (χ2v) is 4.67. The molecular formula is C15H14N2O5. The van der Waals surface area contributed by atoms with E-state index in [1.807, 2.05) is 6.92 Å². The zero-order valence-corrected chi connectivity index (χ0v) is 11.7. The molecule has 22 heavy (non-hydrogen) atoms. The molecule has 1 amide bonds. The monoisotopic (exact) mass is 302 g/mol. The van der Waals surface area contributed by atoms with Crippen LogP contribution in [0.5, 0.6) is 11.5 Å². The van der Waals surface area contributed by atoms with E-state index in [2.05, 4.69) is 10.3 Å². The van der Waals surface area contributed by atoms with Crippen molar-refractivity contribution in [2.75, 3.05) is 6.54 Å². The molecule has 1 aromatic carbocycles. The highest BCUT2D eigenvalue weighted by Gasteiger charge is 2.15. The molecule has 1 heterocycles. The van der Waals surface area contributed by atoms with Gasteiger partial charge >= 0.3 is 5.97 Å². The molecule has 2 aromatic rings. The Bertz CT molecular complexity index is 743. The van der Waals surface area contributed by atoms with Gasteiger partial charge in [0, 0.05) is 11.8 Å². The Morgan fingerprint density at radius 1 is 1.23 bits per heavy atom. The molecule has 0 saturated heterocycles. The van der Waals surface area contributed by atoms with Crippen molar-refractivity contribution >= 4 is 11.9 Å². The van der Waals surface area contributed by atoms with E-state index >= 15 is 0 Å². The van der Waals surface area contributed by atoms with Crippen molar-refractivity contribution in [1.82, 2.24) is 10.3 Å². The van der Waals surface area contributed by atoms with E-state index < -0.39 is 18.4 Å². The number of nitrogens with one attached hydrogen (secondary N) is 1. The maximum absolute atomic E-state index is 11.7. The average Bonchev–Trinajstić information content (AvgIpc) is 2.47. The van der Waals surface area contributed by atoms with Crippen LogP contribution >= 0.6 is 0 Å². The number of phenolic OH excluding ortho intramolecular Hbond substituents is 1. The fraction of sp³-hybridized carbons (Fsp3) is 0.133. The van der Waals surface area contributed by atoms with E-state index in [0.717, 1.165) is 5.56 Å². The first-order chi connectivity index (χ1) is 10.4. The fourth-order valence-electron chi connectivity index (χ4n) is 1.94. The standard InChI is InChI=1S/C15H14N2O5/c1-8-2-3-10(18)5-11(8)9-4-12(19)14(16-6-9)15(22)17-7-13(20)21/h2-6,18-19H,7H2,1H3,(H,17,22)(H,20,21). The first kappa shape index (κ1) is 15.3. The van der Waals surface area contributed by atoms with Gasteiger partial charge in [0.2, 0.25) is 0 Å². The number of pyridine rings is 1. The van der Waals surface area contributed by atoms with Crippen LogP contribution < -0.4 is 5.32 Å². The number of aromatic hydroxyl groups is 2. The SMILES string of the molecule is Cc1ccc(O)cc1-c1cnc(C(=O)NCC(=O)O)c(O)c1. The van der Waals surface area contributed by atoms with Gasteiger partial charge in [0.05, 0.1) is 0 Å². The lowest BCUT2D eigenvalue weighted by atomic mass is 10.0. The topological polar surface area (TPSA) is 120 Å². The lowest BCUT2D eigenvalue weighted by Gasteiger charge is -2.09. The molecule has 0 spiro atoms. The number of phenols is 1. The van der Waals surface area contributed by atoms with Crippen LogP contribution in [0.3, 0.4) is 0 Å². The number of aromatic nitrogens is 1. The van der Waals surface area contributed by atoms with Crippen molar-refractivity contribution in [2.45, 2.75) is 6.92 Å². The summed E-state index contributed by atoms with van der Waals surface area (Å²) in [6.07, 6.45) is 1.37. The minimum Gasteiger partial charge on any atom is -0.508 e. The van der Waals surface area contributed by atoms with Crippen LogP contribution in [0, 0.1) is 6.92 Å². The molecule has 0 radical (unpaired) electrons. The molecule has 0 atom stereocenters. The largest absolute Gasteiger partial charge is 0.508 e. The molecule has 0 aliphatic rings. The lowest BCUT2D eigenvalue weighted by Crippen LogP contribution is -2.29. The van der Waals surface area contributed by atoms with Crippen molar-refractivity contribution in [2.24, 2.45) is 0 Å². The summed E-state index contributed by atoms with van der Waals surface area (Å²) >= 11 is 0. The Hall–Kier alpha value is -3.09. The third kappa shape index (κ3) is 3.32. The lowest BCUT2D eigenvalue weighted by molar-refractivity contribution is -0.135. The fourth-order valence-corrected chi connectivity index (χ4v) is 1.94. The predicted molar refractivity (Wildman–Crippen MR) is 77.7 cm³/mol. The van der Waals surface area contributed by atoms with Gasteiger partial charge in [0.1, 0.15) is 18.0 Å². The second kappa shape index (κ2) is 6.13. The Morgan fingerprint density at radius 2 is 1.95 bits per heavy atom. The number of aliphatic carboxylic acids is 1. The minimum absolute atomic E-state index is 0.0726. The molecule has 7 heteroatoms. The highest BCUT2D eigenvalue weighted by Crippen LogP contribution is 2.29. The van der Waals surface area contributed by atoms with Gasteiger partial charge in [0.25, 0.3) is 5.91 Å². The summed E-state index contributed by atoms with van der Waals surface area (Å²) in [4.78, 5) is 26.0. The van der Waals surface area contributed by atoms with Crippen molar-refractivity contribution in [3.05, 3.63) is 41.7 Å². The summed E-state index contributed by atoms with van der Waals surface area (Å²) in [5.74, 6) is -2.27. The van der Waals surface area contributed by atoms with Gasteiger partial charge in [0.15, 0.2) is 5.69 Å². The third-order valence-electron chi connectivity index (χ3n) is 3.01. The van der Waals surface area contributed by atoms with Gasteiger partial charge < -0.3 is 20.6 Å². The number of carbonyl (C=O) groups excluding carboxylic acids is 1. The maximum atomic E-state index is 11.7. The number of rotatable bonds is 4. The van der Waals surface area contributed by atoms with Crippen LogP contribution in [0.15, 0.2) is 30.5 Å². The third-order valence-corrected chi connectivity index (χ3v) is 3.01. The molecule has 0 aliphatic heterocycles. The molecule has 0 unspecified atom stereocenters. The number of nitrogens with zero attached hydrogens (tertiary/aromatic N) is 1. The van der Waals surface area contributed by atoms with E-state index in [0.29, 0.717) is 11.1 Å². The quantitative estimate of drug-likeness (QED) is 0.675. The van der Waals surface area contributed by atoms with Crippen LogP contribution in [0.4, 0.5) is 0 Å². The Labute approximate surface area is 125 Å². The summed E-state index contributed by atoms with van der Waals surface area (Å²) in [5.41, 5.74) is 1.80. The molecule has 0 fully saturated rings. The molecule has 0 bridgehead atoms. The number of carboxylic acid groups (broad SMARTS) is 1. The van der Waals surface area contributed by atoms with Crippen molar-refractivity contribution in [1.29, 1.82) is 0 Å². The Morgan fingerprint density at radius 3 is 2.59 bits per heavy atom. The summed E-state index contributed by atoms with van der Waals surface area (Å²) in [6, 6.07) is 6.12. The maximum Gasteiger partial charge on any atom is 0.322 e. The number of hydrogen-bond acceptors (Lipinski definition) is 5. The van der Waals surface area contributed by atoms with Crippen LogP contribution in [0.1, 0.15) is 16.1 Å². The first-order valence-corrected chi connectivity index (χ1v) is 6.37. The van der Waals surface area contributed by atoms with Crippen LogP contribution in [0.2, 0.25) is 0 Å². The smallest absolute Gasteiger partial charge is 0.322 e. The van der Waals surface area contributed by atoms with Crippen LogP contribution in [-0.4, -0.2) is 38.7 Å².